The number of rotatable bonds is 8. The Labute approximate surface area is 203 Å². The molecule has 4 rings (SSSR count). The SMILES string of the molecule is CNC(=O)CCOCCC(=O)NCC(=O)N1Cc2ccccc2-c2nnn(C)c2-c2ccccc21. The van der Waals surface area contributed by atoms with Gasteiger partial charge in [-0.15, -0.1) is 5.10 Å². The number of aromatic nitrogens is 3. The van der Waals surface area contributed by atoms with Crippen LogP contribution in [0.15, 0.2) is 48.5 Å². The molecule has 0 saturated carbocycles. The molecule has 0 unspecified atom stereocenters. The number of carbonyl (C=O) groups excluding carboxylic acids is 3. The van der Waals surface area contributed by atoms with E-state index in [9.17, 15) is 14.4 Å². The number of ether oxygens (including phenoxy) is 1. The summed E-state index contributed by atoms with van der Waals surface area (Å²) in [6.45, 7) is 0.596. The second kappa shape index (κ2) is 10.9. The van der Waals surface area contributed by atoms with Crippen molar-refractivity contribution >= 4 is 23.4 Å². The van der Waals surface area contributed by atoms with Crippen LogP contribution in [0.3, 0.4) is 0 Å². The van der Waals surface area contributed by atoms with Crippen molar-refractivity contribution in [2.75, 3.05) is 31.7 Å². The molecule has 35 heavy (non-hydrogen) atoms. The number of benzene rings is 2. The number of fused-ring (bicyclic) bond motifs is 5. The summed E-state index contributed by atoms with van der Waals surface area (Å²) in [5.74, 6) is -0.652. The lowest BCUT2D eigenvalue weighted by Gasteiger charge is -2.28. The van der Waals surface area contributed by atoms with Crippen LogP contribution in [-0.4, -0.2) is 59.5 Å². The molecule has 10 nitrogen and oxygen atoms in total. The van der Waals surface area contributed by atoms with Gasteiger partial charge in [-0.05, 0) is 11.6 Å². The van der Waals surface area contributed by atoms with Crippen molar-refractivity contribution in [3.63, 3.8) is 0 Å². The van der Waals surface area contributed by atoms with E-state index in [2.05, 4.69) is 20.9 Å². The number of carbonyl (C=O) groups is 3. The maximum atomic E-state index is 13.4. The Morgan fingerprint density at radius 1 is 0.971 bits per heavy atom. The van der Waals surface area contributed by atoms with Gasteiger partial charge in [0.15, 0.2) is 0 Å². The van der Waals surface area contributed by atoms with Crippen molar-refractivity contribution in [1.29, 1.82) is 0 Å². The summed E-state index contributed by atoms with van der Waals surface area (Å²) < 4.78 is 7.03. The predicted octanol–water partition coefficient (Wildman–Crippen LogP) is 1.65. The average molecular weight is 477 g/mol. The van der Waals surface area contributed by atoms with E-state index in [0.29, 0.717) is 6.54 Å². The Bertz CT molecular complexity index is 1240. The number of hydrogen-bond acceptors (Lipinski definition) is 6. The van der Waals surface area contributed by atoms with Gasteiger partial charge in [0.2, 0.25) is 17.7 Å². The van der Waals surface area contributed by atoms with Crippen LogP contribution in [0.5, 0.6) is 0 Å². The van der Waals surface area contributed by atoms with Crippen LogP contribution in [0.25, 0.3) is 22.5 Å². The Balaban J connectivity index is 1.49. The highest BCUT2D eigenvalue weighted by atomic mass is 16.5. The number of para-hydroxylation sites is 1. The lowest BCUT2D eigenvalue weighted by atomic mass is 9.95. The monoisotopic (exact) mass is 476 g/mol. The van der Waals surface area contributed by atoms with Gasteiger partial charge in [-0.25, -0.2) is 4.68 Å². The third-order valence-electron chi connectivity index (χ3n) is 5.84. The molecule has 0 bridgehead atoms. The van der Waals surface area contributed by atoms with Gasteiger partial charge in [0.1, 0.15) is 5.69 Å². The second-order valence-corrected chi connectivity index (χ2v) is 8.13. The van der Waals surface area contributed by atoms with E-state index < -0.39 is 0 Å². The van der Waals surface area contributed by atoms with E-state index in [-0.39, 0.29) is 50.3 Å². The molecule has 10 heteroatoms. The molecule has 1 aliphatic heterocycles. The quantitative estimate of drug-likeness (QED) is 0.478. The van der Waals surface area contributed by atoms with Crippen molar-refractivity contribution < 1.29 is 19.1 Å². The zero-order valence-corrected chi connectivity index (χ0v) is 19.8. The molecule has 1 aromatic heterocycles. The molecule has 2 heterocycles. The number of aryl methyl sites for hydroxylation is 1. The lowest BCUT2D eigenvalue weighted by molar-refractivity contribution is -0.126. The summed E-state index contributed by atoms with van der Waals surface area (Å²) in [6.07, 6.45) is 0.338. The van der Waals surface area contributed by atoms with E-state index in [1.54, 1.807) is 16.6 Å². The minimum Gasteiger partial charge on any atom is -0.380 e. The molecular formula is C25H28N6O4. The first-order chi connectivity index (χ1) is 17.0. The molecule has 0 atom stereocenters. The average Bonchev–Trinajstić information content (AvgIpc) is 3.25. The lowest BCUT2D eigenvalue weighted by Crippen LogP contribution is -2.40. The number of anilines is 1. The summed E-state index contributed by atoms with van der Waals surface area (Å²) >= 11 is 0. The minimum atomic E-state index is -0.294. The fourth-order valence-electron chi connectivity index (χ4n) is 4.03. The van der Waals surface area contributed by atoms with Crippen LogP contribution >= 0.6 is 0 Å². The molecule has 2 aromatic carbocycles. The molecule has 0 fully saturated rings. The highest BCUT2D eigenvalue weighted by Crippen LogP contribution is 2.40. The van der Waals surface area contributed by atoms with Gasteiger partial charge < -0.3 is 20.3 Å². The number of amides is 3. The van der Waals surface area contributed by atoms with Crippen LogP contribution in [-0.2, 0) is 32.7 Å². The summed E-state index contributed by atoms with van der Waals surface area (Å²) in [5.41, 5.74) is 5.02. The molecule has 3 aromatic rings. The van der Waals surface area contributed by atoms with Crippen LogP contribution in [0, 0.1) is 0 Å². The van der Waals surface area contributed by atoms with E-state index in [1.165, 1.54) is 0 Å². The molecule has 182 valence electrons. The van der Waals surface area contributed by atoms with Crippen molar-refractivity contribution in [3.05, 3.63) is 54.1 Å². The first-order valence-electron chi connectivity index (χ1n) is 11.4. The number of nitrogens with zero attached hydrogens (tertiary/aromatic N) is 4. The Morgan fingerprint density at radius 3 is 2.43 bits per heavy atom. The van der Waals surface area contributed by atoms with E-state index in [1.807, 2.05) is 55.6 Å². The van der Waals surface area contributed by atoms with Crippen LogP contribution < -0.4 is 15.5 Å². The maximum Gasteiger partial charge on any atom is 0.246 e. The highest BCUT2D eigenvalue weighted by molar-refractivity contribution is 6.02. The molecule has 1 aliphatic rings. The smallest absolute Gasteiger partial charge is 0.246 e. The third-order valence-corrected chi connectivity index (χ3v) is 5.84. The number of nitrogens with one attached hydrogen (secondary N) is 2. The highest BCUT2D eigenvalue weighted by Gasteiger charge is 2.28. The van der Waals surface area contributed by atoms with Crippen molar-refractivity contribution in [2.24, 2.45) is 7.05 Å². The van der Waals surface area contributed by atoms with Crippen molar-refractivity contribution in [1.82, 2.24) is 25.6 Å². The molecule has 3 amide bonds. The minimum absolute atomic E-state index is 0.102. The Hall–Kier alpha value is -4.05. The normalized spacial score (nSPS) is 12.0. The fourth-order valence-corrected chi connectivity index (χ4v) is 4.03. The molecular weight excluding hydrogens is 448 g/mol. The van der Waals surface area contributed by atoms with Gasteiger partial charge >= 0.3 is 0 Å². The van der Waals surface area contributed by atoms with Gasteiger partial charge in [-0.3, -0.25) is 14.4 Å². The van der Waals surface area contributed by atoms with Crippen LogP contribution in [0.4, 0.5) is 5.69 Å². The summed E-state index contributed by atoms with van der Waals surface area (Å²) in [5, 5.41) is 13.8. The molecule has 0 spiro atoms. The zero-order chi connectivity index (χ0) is 24.8. The fraction of sp³-hybridized carbons (Fsp3) is 0.320. The van der Waals surface area contributed by atoms with Gasteiger partial charge in [0.25, 0.3) is 0 Å². The summed E-state index contributed by atoms with van der Waals surface area (Å²) in [7, 11) is 3.39. The first kappa shape index (κ1) is 24.1. The standard InChI is InChI=1S/C25H28N6O4/c1-26-21(32)11-13-35-14-12-22(33)27-15-23(34)31-16-17-7-3-4-8-18(17)24-25(30(2)29-28-24)19-9-5-6-10-20(19)31/h3-10H,11-16H2,1-2H3,(H,26,32)(H,27,33). The second-order valence-electron chi connectivity index (χ2n) is 8.13. The summed E-state index contributed by atoms with van der Waals surface area (Å²) in [4.78, 5) is 38.5. The topological polar surface area (TPSA) is 118 Å². The van der Waals surface area contributed by atoms with E-state index >= 15 is 0 Å². The first-order valence-corrected chi connectivity index (χ1v) is 11.4. The molecule has 0 saturated heterocycles. The Morgan fingerprint density at radius 2 is 1.66 bits per heavy atom. The largest absolute Gasteiger partial charge is 0.380 e. The van der Waals surface area contributed by atoms with Gasteiger partial charge in [-0.1, -0.05) is 47.7 Å². The Kier molecular flexibility index (Phi) is 7.51. The van der Waals surface area contributed by atoms with E-state index in [4.69, 9.17) is 4.74 Å². The third kappa shape index (κ3) is 5.38. The van der Waals surface area contributed by atoms with Gasteiger partial charge in [0.05, 0.1) is 37.7 Å². The van der Waals surface area contributed by atoms with Crippen molar-refractivity contribution in [2.45, 2.75) is 19.4 Å². The van der Waals surface area contributed by atoms with Crippen LogP contribution in [0.1, 0.15) is 18.4 Å². The zero-order valence-electron chi connectivity index (χ0n) is 19.8. The van der Waals surface area contributed by atoms with Gasteiger partial charge in [0, 0.05) is 38.1 Å². The molecule has 0 radical (unpaired) electrons. The van der Waals surface area contributed by atoms with Crippen LogP contribution in [0.2, 0.25) is 0 Å². The van der Waals surface area contributed by atoms with E-state index in [0.717, 1.165) is 33.8 Å². The van der Waals surface area contributed by atoms with Gasteiger partial charge in [-0.2, -0.15) is 0 Å². The molecule has 0 aliphatic carbocycles. The number of hydrogen-bond donors (Lipinski definition) is 2. The van der Waals surface area contributed by atoms with Crippen molar-refractivity contribution in [3.8, 4) is 22.5 Å². The molecule has 2 N–H and O–H groups in total. The predicted molar refractivity (Wildman–Crippen MR) is 130 cm³/mol. The summed E-state index contributed by atoms with van der Waals surface area (Å²) in [6, 6.07) is 15.4. The maximum absolute atomic E-state index is 13.4.